The molecule has 0 amide bonds. The molecule has 4 nitrogen and oxygen atoms in total. The van der Waals surface area contributed by atoms with E-state index in [0.29, 0.717) is 12.3 Å². The molecular weight excluding hydrogens is 370 g/mol. The molecule has 128 valence electrons. The summed E-state index contributed by atoms with van der Waals surface area (Å²) in [6, 6.07) is 11.5. The third kappa shape index (κ3) is 4.68. The summed E-state index contributed by atoms with van der Waals surface area (Å²) in [5.74, 6) is 2.29. The summed E-state index contributed by atoms with van der Waals surface area (Å²) >= 11 is 3.63. The van der Waals surface area contributed by atoms with Crippen molar-refractivity contribution in [1.82, 2.24) is 0 Å². The molecule has 2 N–H and O–H groups in total. The molecule has 0 heterocycles. The van der Waals surface area contributed by atoms with E-state index in [1.807, 2.05) is 49.4 Å². The predicted molar refractivity (Wildman–Crippen MR) is 102 cm³/mol. The van der Waals surface area contributed by atoms with Gasteiger partial charge in [-0.15, -0.1) is 0 Å². The Kier molecular flexibility index (Phi) is 6.55. The molecule has 0 aliphatic rings. The Morgan fingerprint density at radius 1 is 1.08 bits per heavy atom. The van der Waals surface area contributed by atoms with Gasteiger partial charge in [0.05, 0.1) is 26.5 Å². The lowest BCUT2D eigenvalue weighted by Gasteiger charge is -2.10. The van der Waals surface area contributed by atoms with Crippen LogP contribution < -0.4 is 19.9 Å². The number of anilines is 1. The van der Waals surface area contributed by atoms with Crippen LogP contribution in [0.15, 0.2) is 40.9 Å². The van der Waals surface area contributed by atoms with Gasteiger partial charge in [0, 0.05) is 16.5 Å². The highest BCUT2D eigenvalue weighted by molar-refractivity contribution is 9.11. The van der Waals surface area contributed by atoms with Gasteiger partial charge in [0.2, 0.25) is 0 Å². The SMILES string of the molecule is CCOc1ccc(C/C(Br)=C\c2cc(OC)ccc2OC)cc1N. The second kappa shape index (κ2) is 8.64. The Labute approximate surface area is 151 Å². The maximum absolute atomic E-state index is 6.02. The normalized spacial score (nSPS) is 11.2. The molecule has 0 aliphatic heterocycles. The minimum Gasteiger partial charge on any atom is -0.497 e. The number of ether oxygens (including phenoxy) is 3. The fourth-order valence-electron chi connectivity index (χ4n) is 2.36. The highest BCUT2D eigenvalue weighted by Gasteiger charge is 2.06. The highest BCUT2D eigenvalue weighted by atomic mass is 79.9. The first-order valence-electron chi connectivity index (χ1n) is 7.66. The average molecular weight is 392 g/mol. The summed E-state index contributed by atoms with van der Waals surface area (Å²) in [5.41, 5.74) is 8.71. The number of rotatable bonds is 7. The molecule has 5 heteroatoms. The quantitative estimate of drug-likeness (QED) is 0.697. The largest absolute Gasteiger partial charge is 0.497 e. The van der Waals surface area contributed by atoms with Gasteiger partial charge in [0.15, 0.2) is 0 Å². The van der Waals surface area contributed by atoms with E-state index in [-0.39, 0.29) is 0 Å². The molecule has 0 saturated carbocycles. The smallest absolute Gasteiger partial charge is 0.142 e. The Morgan fingerprint density at radius 2 is 1.83 bits per heavy atom. The number of methoxy groups -OCH3 is 2. The molecule has 24 heavy (non-hydrogen) atoms. The summed E-state index contributed by atoms with van der Waals surface area (Å²) in [6.07, 6.45) is 2.74. The van der Waals surface area contributed by atoms with Gasteiger partial charge in [-0.3, -0.25) is 0 Å². The van der Waals surface area contributed by atoms with Gasteiger partial charge >= 0.3 is 0 Å². The Bertz CT molecular complexity index is 729. The number of halogens is 1. The van der Waals surface area contributed by atoms with Gasteiger partial charge in [0.1, 0.15) is 17.2 Å². The highest BCUT2D eigenvalue weighted by Crippen LogP contribution is 2.29. The molecule has 0 saturated heterocycles. The zero-order valence-electron chi connectivity index (χ0n) is 14.1. The maximum atomic E-state index is 6.02. The van der Waals surface area contributed by atoms with E-state index < -0.39 is 0 Å². The molecule has 2 rings (SSSR count). The van der Waals surface area contributed by atoms with Crippen molar-refractivity contribution in [3.05, 3.63) is 52.0 Å². The van der Waals surface area contributed by atoms with E-state index in [4.69, 9.17) is 19.9 Å². The predicted octanol–water partition coefficient (Wildman–Crippen LogP) is 4.66. The van der Waals surface area contributed by atoms with E-state index >= 15 is 0 Å². The monoisotopic (exact) mass is 391 g/mol. The van der Waals surface area contributed by atoms with E-state index in [1.165, 1.54) is 0 Å². The topological polar surface area (TPSA) is 53.7 Å². The summed E-state index contributed by atoms with van der Waals surface area (Å²) in [6.45, 7) is 2.54. The van der Waals surface area contributed by atoms with Crippen molar-refractivity contribution >= 4 is 27.7 Å². The Hall–Kier alpha value is -2.14. The van der Waals surface area contributed by atoms with Crippen LogP contribution in [0.4, 0.5) is 5.69 Å². The average Bonchev–Trinajstić information content (AvgIpc) is 2.57. The van der Waals surface area contributed by atoms with Crippen molar-refractivity contribution in [1.29, 1.82) is 0 Å². The van der Waals surface area contributed by atoms with Crippen LogP contribution in [0.3, 0.4) is 0 Å². The van der Waals surface area contributed by atoms with Crippen molar-refractivity contribution < 1.29 is 14.2 Å². The second-order valence-electron chi connectivity index (χ2n) is 5.18. The minimum atomic E-state index is 0.600. The van der Waals surface area contributed by atoms with Gasteiger partial charge < -0.3 is 19.9 Å². The van der Waals surface area contributed by atoms with Crippen molar-refractivity contribution in [2.45, 2.75) is 13.3 Å². The molecule has 0 radical (unpaired) electrons. The van der Waals surface area contributed by atoms with Gasteiger partial charge in [-0.1, -0.05) is 22.0 Å². The molecule has 2 aromatic rings. The van der Waals surface area contributed by atoms with E-state index in [1.54, 1.807) is 14.2 Å². The molecule has 0 aromatic heterocycles. The molecule has 0 fully saturated rings. The third-order valence-electron chi connectivity index (χ3n) is 3.50. The zero-order valence-corrected chi connectivity index (χ0v) is 15.7. The lowest BCUT2D eigenvalue weighted by molar-refractivity contribution is 0.342. The number of hydrogen-bond acceptors (Lipinski definition) is 4. The first-order valence-corrected chi connectivity index (χ1v) is 8.46. The van der Waals surface area contributed by atoms with Crippen LogP contribution in [0.5, 0.6) is 17.2 Å². The molecule has 0 atom stereocenters. The van der Waals surface area contributed by atoms with Crippen LogP contribution in [-0.2, 0) is 6.42 Å². The van der Waals surface area contributed by atoms with Crippen LogP contribution in [0.2, 0.25) is 0 Å². The first-order chi connectivity index (χ1) is 11.6. The van der Waals surface area contributed by atoms with E-state index in [2.05, 4.69) is 15.9 Å². The Balaban J connectivity index is 2.21. The summed E-state index contributed by atoms with van der Waals surface area (Å²) in [4.78, 5) is 0. The number of allylic oxidation sites excluding steroid dienone is 1. The lowest BCUT2D eigenvalue weighted by Crippen LogP contribution is -1.98. The molecule has 0 spiro atoms. The van der Waals surface area contributed by atoms with Crippen molar-refractivity contribution in [2.24, 2.45) is 0 Å². The summed E-state index contributed by atoms with van der Waals surface area (Å²) in [5, 5.41) is 0. The van der Waals surface area contributed by atoms with Crippen LogP contribution in [0.25, 0.3) is 6.08 Å². The standard InChI is InChI=1S/C19H22BrNO3/c1-4-24-19-7-5-13(10-17(19)21)9-15(20)11-14-12-16(22-2)6-8-18(14)23-3/h5-8,10-12H,4,9,21H2,1-3H3/b15-11+. The fourth-order valence-corrected chi connectivity index (χ4v) is 2.93. The summed E-state index contributed by atoms with van der Waals surface area (Å²) in [7, 11) is 3.30. The lowest BCUT2D eigenvalue weighted by atomic mass is 10.1. The van der Waals surface area contributed by atoms with Crippen molar-refractivity contribution in [2.75, 3.05) is 26.6 Å². The Morgan fingerprint density at radius 3 is 2.46 bits per heavy atom. The van der Waals surface area contributed by atoms with Gasteiger partial charge in [-0.25, -0.2) is 0 Å². The molecule has 0 aliphatic carbocycles. The fraction of sp³-hybridized carbons (Fsp3) is 0.263. The minimum absolute atomic E-state index is 0.600. The molecule has 0 unspecified atom stereocenters. The van der Waals surface area contributed by atoms with Gasteiger partial charge in [-0.2, -0.15) is 0 Å². The van der Waals surface area contributed by atoms with Crippen LogP contribution in [0.1, 0.15) is 18.1 Å². The van der Waals surface area contributed by atoms with Crippen LogP contribution >= 0.6 is 15.9 Å². The zero-order chi connectivity index (χ0) is 17.5. The summed E-state index contributed by atoms with van der Waals surface area (Å²) < 4.78 is 17.2. The molecular formula is C19H22BrNO3. The first kappa shape index (κ1) is 18.2. The maximum Gasteiger partial charge on any atom is 0.142 e. The number of benzene rings is 2. The van der Waals surface area contributed by atoms with E-state index in [9.17, 15) is 0 Å². The number of nitrogens with two attached hydrogens (primary N) is 1. The number of hydrogen-bond donors (Lipinski definition) is 1. The second-order valence-corrected chi connectivity index (χ2v) is 6.20. The van der Waals surface area contributed by atoms with Gasteiger partial charge in [-0.05, 0) is 48.9 Å². The van der Waals surface area contributed by atoms with Crippen molar-refractivity contribution in [3.8, 4) is 17.2 Å². The van der Waals surface area contributed by atoms with Gasteiger partial charge in [0.25, 0.3) is 0 Å². The number of nitrogen functional groups attached to an aromatic ring is 1. The van der Waals surface area contributed by atoms with Crippen molar-refractivity contribution in [3.63, 3.8) is 0 Å². The molecule has 0 bridgehead atoms. The molecule has 2 aromatic carbocycles. The van der Waals surface area contributed by atoms with Crippen LogP contribution in [0, 0.1) is 0 Å². The third-order valence-corrected chi connectivity index (χ3v) is 4.01. The van der Waals surface area contributed by atoms with Crippen LogP contribution in [-0.4, -0.2) is 20.8 Å². The van der Waals surface area contributed by atoms with E-state index in [0.717, 1.165) is 39.3 Å².